The summed E-state index contributed by atoms with van der Waals surface area (Å²) in [4.78, 5) is 38.7. The van der Waals surface area contributed by atoms with E-state index in [1.165, 1.54) is 4.90 Å². The first-order valence-electron chi connectivity index (χ1n) is 9.02. The van der Waals surface area contributed by atoms with Crippen LogP contribution >= 0.6 is 11.6 Å². The molecule has 4 rings (SSSR count). The van der Waals surface area contributed by atoms with Gasteiger partial charge in [-0.05, 0) is 24.3 Å². The van der Waals surface area contributed by atoms with Gasteiger partial charge in [0, 0.05) is 29.1 Å². The van der Waals surface area contributed by atoms with Crippen molar-refractivity contribution in [2.75, 3.05) is 11.9 Å². The highest BCUT2D eigenvalue weighted by Gasteiger charge is 2.48. The Morgan fingerprint density at radius 1 is 1.07 bits per heavy atom. The summed E-state index contributed by atoms with van der Waals surface area (Å²) in [5, 5.41) is 5.51. The first kappa shape index (κ1) is 17.7. The van der Waals surface area contributed by atoms with Gasteiger partial charge < -0.3 is 5.32 Å². The highest BCUT2D eigenvalue weighted by atomic mass is 35.5. The number of benzene rings is 2. The molecule has 2 aromatic rings. The zero-order chi connectivity index (χ0) is 19.0. The van der Waals surface area contributed by atoms with E-state index in [0.717, 1.165) is 16.5 Å². The molecule has 2 aromatic carbocycles. The molecular formula is C21H19ClN2O3. The molecule has 0 spiro atoms. The zero-order valence-corrected chi connectivity index (χ0v) is 15.4. The first-order valence-corrected chi connectivity index (χ1v) is 9.40. The van der Waals surface area contributed by atoms with Gasteiger partial charge in [-0.3, -0.25) is 19.3 Å². The number of likely N-dealkylation sites (tertiary alicyclic amines) is 1. The Morgan fingerprint density at radius 2 is 1.81 bits per heavy atom. The van der Waals surface area contributed by atoms with E-state index in [0.29, 0.717) is 17.9 Å². The summed E-state index contributed by atoms with van der Waals surface area (Å²) in [7, 11) is 0. The van der Waals surface area contributed by atoms with Gasteiger partial charge in [0.25, 0.3) is 0 Å². The maximum Gasteiger partial charge on any atom is 0.233 e. The van der Waals surface area contributed by atoms with E-state index in [2.05, 4.69) is 5.32 Å². The fourth-order valence-electron chi connectivity index (χ4n) is 3.88. The molecule has 0 radical (unpaired) electrons. The summed E-state index contributed by atoms with van der Waals surface area (Å²) >= 11 is 6.02. The highest BCUT2D eigenvalue weighted by Crippen LogP contribution is 2.38. The third kappa shape index (κ3) is 3.35. The Bertz CT molecular complexity index is 964. The Kier molecular flexibility index (Phi) is 4.70. The molecule has 138 valence electrons. The summed E-state index contributed by atoms with van der Waals surface area (Å²) < 4.78 is 0. The lowest BCUT2D eigenvalue weighted by molar-refractivity contribution is -0.140. The molecule has 1 N–H and O–H groups in total. The van der Waals surface area contributed by atoms with Crippen LogP contribution in [0.1, 0.15) is 19.3 Å². The van der Waals surface area contributed by atoms with Crippen molar-refractivity contribution in [2.45, 2.75) is 19.3 Å². The fraction of sp³-hybridized carbons (Fsp3) is 0.286. The predicted molar refractivity (Wildman–Crippen MR) is 104 cm³/mol. The Morgan fingerprint density at radius 3 is 2.67 bits per heavy atom. The fourth-order valence-corrected chi connectivity index (χ4v) is 4.13. The summed E-state index contributed by atoms with van der Waals surface area (Å²) in [6.07, 6.45) is 2.79. The second kappa shape index (κ2) is 7.16. The molecule has 1 fully saturated rings. The van der Waals surface area contributed by atoms with Crippen LogP contribution in [0.5, 0.6) is 0 Å². The molecule has 3 amide bonds. The van der Waals surface area contributed by atoms with Crippen LogP contribution < -0.4 is 5.32 Å². The van der Waals surface area contributed by atoms with Crippen LogP contribution in [0.3, 0.4) is 0 Å². The molecule has 1 aliphatic heterocycles. The molecule has 0 bridgehead atoms. The number of imide groups is 1. The number of carbonyl (C=O) groups excluding carboxylic acids is 3. The van der Waals surface area contributed by atoms with Crippen molar-refractivity contribution >= 4 is 45.8 Å². The number of allylic oxidation sites excluding steroid dienone is 2. The smallest absolute Gasteiger partial charge is 0.233 e. The first-order chi connectivity index (χ1) is 13.0. The molecule has 0 aromatic heterocycles. The number of fused-ring (bicyclic) bond motifs is 2. The summed E-state index contributed by atoms with van der Waals surface area (Å²) in [5.41, 5.74) is 0.724. The molecule has 2 aliphatic rings. The quantitative estimate of drug-likeness (QED) is 0.820. The maximum absolute atomic E-state index is 12.5. The average molecular weight is 383 g/mol. The molecule has 1 aliphatic carbocycles. The minimum Gasteiger partial charge on any atom is -0.325 e. The lowest BCUT2D eigenvalue weighted by atomic mass is 9.85. The zero-order valence-electron chi connectivity index (χ0n) is 14.7. The average Bonchev–Trinajstić information content (AvgIpc) is 2.90. The van der Waals surface area contributed by atoms with Gasteiger partial charge in [-0.25, -0.2) is 0 Å². The summed E-state index contributed by atoms with van der Waals surface area (Å²) in [5.74, 6) is -1.34. The van der Waals surface area contributed by atoms with Gasteiger partial charge >= 0.3 is 0 Å². The van der Waals surface area contributed by atoms with Crippen molar-refractivity contribution < 1.29 is 14.4 Å². The van der Waals surface area contributed by atoms with E-state index in [1.54, 1.807) is 0 Å². The SMILES string of the molecule is O=C(CCN1C(=O)C2CC=C(Cl)CC2C1=O)Nc1cccc2ccccc12. The highest BCUT2D eigenvalue weighted by molar-refractivity contribution is 6.30. The Labute approximate surface area is 162 Å². The number of carbonyl (C=O) groups is 3. The second-order valence-electron chi connectivity index (χ2n) is 6.96. The van der Waals surface area contributed by atoms with Gasteiger partial charge in [0.05, 0.1) is 11.8 Å². The van der Waals surface area contributed by atoms with Gasteiger partial charge in [0.1, 0.15) is 0 Å². The van der Waals surface area contributed by atoms with E-state index in [1.807, 2.05) is 48.5 Å². The minimum absolute atomic E-state index is 0.0707. The van der Waals surface area contributed by atoms with Gasteiger partial charge in [-0.15, -0.1) is 0 Å². The van der Waals surface area contributed by atoms with E-state index < -0.39 is 0 Å². The molecule has 1 saturated heterocycles. The van der Waals surface area contributed by atoms with Crippen LogP contribution in [-0.2, 0) is 14.4 Å². The number of hydrogen-bond donors (Lipinski definition) is 1. The number of hydrogen-bond acceptors (Lipinski definition) is 3. The monoisotopic (exact) mass is 382 g/mol. The third-order valence-electron chi connectivity index (χ3n) is 5.29. The number of nitrogens with one attached hydrogen (secondary N) is 1. The Hall–Kier alpha value is -2.66. The molecule has 2 atom stereocenters. The number of nitrogens with zero attached hydrogens (tertiary/aromatic N) is 1. The molecule has 2 unspecified atom stereocenters. The summed E-state index contributed by atoms with van der Waals surface area (Å²) in [6, 6.07) is 13.5. The Balaban J connectivity index is 1.41. The molecule has 6 heteroatoms. The lowest BCUT2D eigenvalue weighted by Crippen LogP contribution is -2.34. The maximum atomic E-state index is 12.5. The number of rotatable bonds is 4. The van der Waals surface area contributed by atoms with E-state index >= 15 is 0 Å². The van der Waals surface area contributed by atoms with Crippen molar-refractivity contribution in [1.82, 2.24) is 4.90 Å². The van der Waals surface area contributed by atoms with E-state index in [9.17, 15) is 14.4 Å². The van der Waals surface area contributed by atoms with Crippen LogP contribution in [0.25, 0.3) is 10.8 Å². The number of amides is 3. The largest absolute Gasteiger partial charge is 0.325 e. The molecule has 5 nitrogen and oxygen atoms in total. The van der Waals surface area contributed by atoms with Crippen molar-refractivity contribution in [3.05, 3.63) is 53.6 Å². The minimum atomic E-state index is -0.379. The van der Waals surface area contributed by atoms with Crippen molar-refractivity contribution in [3.63, 3.8) is 0 Å². The molecule has 1 heterocycles. The number of halogens is 1. The molecule has 27 heavy (non-hydrogen) atoms. The topological polar surface area (TPSA) is 66.5 Å². The van der Waals surface area contributed by atoms with Crippen LogP contribution in [-0.4, -0.2) is 29.2 Å². The van der Waals surface area contributed by atoms with E-state index in [-0.39, 0.29) is 42.5 Å². The van der Waals surface area contributed by atoms with E-state index in [4.69, 9.17) is 11.6 Å². The van der Waals surface area contributed by atoms with Crippen LogP contribution in [0.4, 0.5) is 5.69 Å². The normalized spacial score (nSPS) is 22.0. The predicted octanol–water partition coefficient (Wildman–Crippen LogP) is 3.69. The second-order valence-corrected chi connectivity index (χ2v) is 7.44. The van der Waals surface area contributed by atoms with Gasteiger partial charge in [-0.2, -0.15) is 0 Å². The third-order valence-corrected chi connectivity index (χ3v) is 5.60. The van der Waals surface area contributed by atoms with Crippen molar-refractivity contribution in [2.24, 2.45) is 11.8 Å². The van der Waals surface area contributed by atoms with Gasteiger partial charge in [-0.1, -0.05) is 54.1 Å². The standard InChI is InChI=1S/C21H19ClN2O3/c22-14-8-9-16-17(12-14)21(27)24(20(16)26)11-10-19(25)23-18-7-3-5-13-4-1-2-6-15(13)18/h1-8,16-17H,9-12H2,(H,23,25). The van der Waals surface area contributed by atoms with Gasteiger partial charge in [0.15, 0.2) is 0 Å². The molecular weight excluding hydrogens is 364 g/mol. The van der Waals surface area contributed by atoms with Gasteiger partial charge in [0.2, 0.25) is 17.7 Å². The number of anilines is 1. The van der Waals surface area contributed by atoms with Crippen LogP contribution in [0.2, 0.25) is 0 Å². The lowest BCUT2D eigenvalue weighted by Gasteiger charge is -2.17. The van der Waals surface area contributed by atoms with Crippen molar-refractivity contribution in [3.8, 4) is 0 Å². The summed E-state index contributed by atoms with van der Waals surface area (Å²) in [6.45, 7) is 0.0961. The van der Waals surface area contributed by atoms with Crippen LogP contribution in [0, 0.1) is 11.8 Å². The molecule has 0 saturated carbocycles. The van der Waals surface area contributed by atoms with Crippen molar-refractivity contribution in [1.29, 1.82) is 0 Å². The van der Waals surface area contributed by atoms with Crippen LogP contribution in [0.15, 0.2) is 53.6 Å².